The summed E-state index contributed by atoms with van der Waals surface area (Å²) in [7, 11) is -0.0660. The Labute approximate surface area is 357 Å². The second-order valence-corrected chi connectivity index (χ2v) is 20.6. The van der Waals surface area contributed by atoms with Gasteiger partial charge in [-0.25, -0.2) is 0 Å². The number of fused-ring (bicyclic) bond motifs is 2. The van der Waals surface area contributed by atoms with Crippen molar-refractivity contribution in [3.05, 3.63) is 194 Å². The van der Waals surface area contributed by atoms with E-state index < -0.39 is 7.92 Å². The van der Waals surface area contributed by atoms with Gasteiger partial charge in [-0.05, 0) is 229 Å². The Balaban J connectivity index is 0.000000233. The van der Waals surface area contributed by atoms with E-state index in [9.17, 15) is 0 Å². The van der Waals surface area contributed by atoms with Gasteiger partial charge in [-0.2, -0.15) is 0 Å². The maximum atomic E-state index is 2.45. The molecular weight excluding hydrogens is 747 g/mol. The van der Waals surface area contributed by atoms with Crippen molar-refractivity contribution in [2.24, 2.45) is 0 Å². The van der Waals surface area contributed by atoms with Crippen molar-refractivity contribution in [3.63, 3.8) is 0 Å². The first kappa shape index (κ1) is 42.3. The van der Waals surface area contributed by atoms with Crippen LogP contribution in [-0.2, 0) is 0 Å². The van der Waals surface area contributed by atoms with Crippen molar-refractivity contribution in [3.8, 4) is 11.1 Å². The van der Waals surface area contributed by atoms with Gasteiger partial charge in [0.25, 0.3) is 0 Å². The first-order chi connectivity index (χ1) is 28.1. The molecule has 0 saturated carbocycles. The number of aryl methyl sites for hydroxylation is 9. The van der Waals surface area contributed by atoms with Crippen molar-refractivity contribution < 1.29 is 0 Å². The maximum Gasteiger partial charge on any atom is -0.00128 e. The molecule has 298 valence electrons. The molecule has 8 rings (SSSR count). The third kappa shape index (κ3) is 8.60. The predicted molar refractivity (Wildman–Crippen MR) is 268 cm³/mol. The molecule has 0 unspecified atom stereocenters. The average Bonchev–Trinajstić information content (AvgIpc) is 3.20. The van der Waals surface area contributed by atoms with Crippen LogP contribution < -0.4 is 26.5 Å². The van der Waals surface area contributed by atoms with Crippen LogP contribution >= 0.6 is 16.5 Å². The maximum absolute atomic E-state index is 2.45. The monoisotopic (exact) mass is 806 g/mol. The minimum Gasteiger partial charge on any atom is -0.0616 e. The van der Waals surface area contributed by atoms with Gasteiger partial charge in [-0.15, -0.1) is 0 Å². The summed E-state index contributed by atoms with van der Waals surface area (Å²) in [5, 5.41) is 12.4. The van der Waals surface area contributed by atoms with Crippen LogP contribution in [0.4, 0.5) is 0 Å². The van der Waals surface area contributed by atoms with Crippen molar-refractivity contribution in [1.82, 2.24) is 0 Å². The van der Waals surface area contributed by atoms with Crippen LogP contribution in [0.5, 0.6) is 0 Å². The van der Waals surface area contributed by atoms with Gasteiger partial charge in [-0.1, -0.05) is 130 Å². The van der Waals surface area contributed by atoms with Gasteiger partial charge in [-0.3, -0.25) is 0 Å². The third-order valence-electron chi connectivity index (χ3n) is 13.0. The van der Waals surface area contributed by atoms with Crippen molar-refractivity contribution >= 4 is 64.6 Å². The van der Waals surface area contributed by atoms with Gasteiger partial charge < -0.3 is 0 Å². The molecule has 0 N–H and O–H groups in total. The number of benzene rings is 8. The second-order valence-electron chi connectivity index (χ2n) is 17.0. The van der Waals surface area contributed by atoms with E-state index in [1.54, 1.807) is 0 Å². The SMILES string of the molecule is Cc1cc(P(c2cc(C)c(C)c(C)c2)c2ccc3ccccc3c2-c2c(C)ccc3ccccc23)cc(C)c1C.Cc1cc(Pc2cc(C)c(C)c(C)c2)cc(C)c1C. The van der Waals surface area contributed by atoms with Crippen molar-refractivity contribution in [1.29, 1.82) is 0 Å². The standard InChI is InChI=1S/C39H37P.C18H23P/c1-24-16-17-31-12-8-10-14-35(31)38(24)39-36-15-11-9-13-32(36)18-19-37(39)40(33-20-25(2)29(6)26(3)21-33)34-22-27(4)30(7)28(5)23-34;1-11-7-17(8-12(2)15(11)5)19-18-9-13(3)16(6)14(4)10-18/h8-23H,1-7H3;7-10,19H,1-6H3. The lowest BCUT2D eigenvalue weighted by Crippen LogP contribution is -2.24. The Morgan fingerprint density at radius 2 is 0.661 bits per heavy atom. The highest BCUT2D eigenvalue weighted by Crippen LogP contribution is 2.44. The molecular formula is C57H60P2. The molecule has 0 aromatic heterocycles. The highest BCUT2D eigenvalue weighted by molar-refractivity contribution is 7.80. The number of rotatable bonds is 6. The highest BCUT2D eigenvalue weighted by atomic mass is 31.1. The quantitative estimate of drug-likeness (QED) is 0.147. The largest absolute Gasteiger partial charge is 0.0616 e. The van der Waals surface area contributed by atoms with Crippen LogP contribution in [0.15, 0.2) is 121 Å². The molecule has 0 fully saturated rings. The van der Waals surface area contributed by atoms with E-state index in [0.29, 0.717) is 0 Å². The van der Waals surface area contributed by atoms with E-state index in [0.717, 1.165) is 8.58 Å². The van der Waals surface area contributed by atoms with E-state index in [2.05, 4.69) is 211 Å². The zero-order chi connectivity index (χ0) is 42.3. The van der Waals surface area contributed by atoms with Crippen LogP contribution in [-0.4, -0.2) is 0 Å². The molecule has 0 radical (unpaired) electrons. The van der Waals surface area contributed by atoms with Gasteiger partial charge in [0.15, 0.2) is 0 Å². The third-order valence-corrected chi connectivity index (χ3v) is 16.6. The molecule has 8 aromatic carbocycles. The van der Waals surface area contributed by atoms with Crippen molar-refractivity contribution in [2.45, 2.75) is 90.0 Å². The van der Waals surface area contributed by atoms with E-state index in [-0.39, 0.29) is 0 Å². The van der Waals surface area contributed by atoms with Crippen LogP contribution in [0.2, 0.25) is 0 Å². The lowest BCUT2D eigenvalue weighted by atomic mass is 9.90. The summed E-state index contributed by atoms with van der Waals surface area (Å²) in [6.07, 6.45) is 0. The minimum atomic E-state index is -0.821. The minimum absolute atomic E-state index is 0.755. The summed E-state index contributed by atoms with van der Waals surface area (Å²) >= 11 is 0. The summed E-state index contributed by atoms with van der Waals surface area (Å²) in [5.74, 6) is 0. The molecule has 0 nitrogen and oxygen atoms in total. The normalized spacial score (nSPS) is 11.4. The van der Waals surface area contributed by atoms with Gasteiger partial charge in [0.2, 0.25) is 0 Å². The fraction of sp³-hybridized carbons (Fsp3) is 0.228. The predicted octanol–water partition coefficient (Wildman–Crippen LogP) is 13.7. The van der Waals surface area contributed by atoms with Gasteiger partial charge in [0.1, 0.15) is 0 Å². The topological polar surface area (TPSA) is 0 Å². The molecule has 0 aliphatic carbocycles. The zero-order valence-electron chi connectivity index (χ0n) is 37.5. The molecule has 2 heteroatoms. The molecule has 8 aromatic rings. The van der Waals surface area contributed by atoms with Crippen LogP contribution in [0, 0.1) is 90.0 Å². The molecule has 0 heterocycles. The number of hydrogen-bond acceptors (Lipinski definition) is 0. The fourth-order valence-corrected chi connectivity index (χ4v) is 12.8. The van der Waals surface area contributed by atoms with E-state index >= 15 is 0 Å². The molecule has 0 amide bonds. The van der Waals surface area contributed by atoms with Crippen LogP contribution in [0.25, 0.3) is 32.7 Å². The van der Waals surface area contributed by atoms with Crippen LogP contribution in [0.1, 0.15) is 72.3 Å². The van der Waals surface area contributed by atoms with E-state index in [4.69, 9.17) is 0 Å². The van der Waals surface area contributed by atoms with E-state index in [1.807, 2.05) is 0 Å². The zero-order valence-corrected chi connectivity index (χ0v) is 39.4. The molecule has 0 aliphatic rings. The Hall–Kier alpha value is -4.86. The summed E-state index contributed by atoms with van der Waals surface area (Å²) in [6, 6.07) is 46.3. The summed E-state index contributed by atoms with van der Waals surface area (Å²) < 4.78 is 0. The Morgan fingerprint density at radius 1 is 0.322 bits per heavy atom. The molecule has 0 bridgehead atoms. The Bertz CT molecular complexity index is 2680. The Morgan fingerprint density at radius 3 is 1.07 bits per heavy atom. The Kier molecular flexibility index (Phi) is 12.5. The van der Waals surface area contributed by atoms with Crippen LogP contribution in [0.3, 0.4) is 0 Å². The first-order valence-corrected chi connectivity index (χ1v) is 23.4. The smallest absolute Gasteiger partial charge is 0.00128 e. The van der Waals surface area contributed by atoms with Gasteiger partial charge in [0.05, 0.1) is 0 Å². The van der Waals surface area contributed by atoms with Gasteiger partial charge >= 0.3 is 0 Å². The number of hydrogen-bond donors (Lipinski definition) is 0. The molecule has 0 aliphatic heterocycles. The first-order valence-electron chi connectivity index (χ1n) is 21.0. The van der Waals surface area contributed by atoms with E-state index in [1.165, 1.54) is 132 Å². The molecule has 0 spiro atoms. The molecule has 0 atom stereocenters. The lowest BCUT2D eigenvalue weighted by molar-refractivity contribution is 1.27. The van der Waals surface area contributed by atoms with Gasteiger partial charge in [0, 0.05) is 0 Å². The fourth-order valence-electron chi connectivity index (χ4n) is 8.51. The highest BCUT2D eigenvalue weighted by Gasteiger charge is 2.25. The summed E-state index contributed by atoms with van der Waals surface area (Å²) in [5.41, 5.74) is 20.8. The lowest BCUT2D eigenvalue weighted by Gasteiger charge is -2.27. The molecule has 0 saturated heterocycles. The second kappa shape index (κ2) is 17.4. The summed E-state index contributed by atoms with van der Waals surface area (Å²) in [4.78, 5) is 0. The average molecular weight is 807 g/mol. The van der Waals surface area contributed by atoms with Crippen molar-refractivity contribution in [2.75, 3.05) is 0 Å². The molecule has 59 heavy (non-hydrogen) atoms. The summed E-state index contributed by atoms with van der Waals surface area (Å²) in [6.45, 7) is 29.1.